The highest BCUT2D eigenvalue weighted by atomic mass is 15.1. The third kappa shape index (κ3) is 3.77. The molecule has 0 saturated heterocycles. The zero-order chi connectivity index (χ0) is 32.6. The van der Waals surface area contributed by atoms with E-state index in [1.165, 1.54) is 10.8 Å². The van der Waals surface area contributed by atoms with Crippen molar-refractivity contribution in [1.29, 1.82) is 10.5 Å². The molecule has 0 atom stereocenters. The molecule has 226 valence electrons. The van der Waals surface area contributed by atoms with Crippen molar-refractivity contribution in [2.75, 3.05) is 0 Å². The van der Waals surface area contributed by atoms with Crippen molar-refractivity contribution in [3.05, 3.63) is 157 Å². The number of hydrogen-bond acceptors (Lipinski definition) is 3. The standard InChI is InChI=1S/C43H24N6/c44-25-27-17-20-37-33(23-27)34-24-28(26-45)18-21-38(34)48(37)40-15-8-16-41(46-40)49-35-13-6-4-11-30(35)31-19-22-39-42(43(31)49)32-12-5-7-14-36(32)47(39)29-9-2-1-3-10-29/h1-24H. The Morgan fingerprint density at radius 3 is 1.63 bits per heavy atom. The van der Waals surface area contributed by atoms with Gasteiger partial charge in [0, 0.05) is 38.0 Å². The van der Waals surface area contributed by atoms with Crippen LogP contribution in [0.25, 0.3) is 82.7 Å². The van der Waals surface area contributed by atoms with Crippen LogP contribution < -0.4 is 0 Å². The second kappa shape index (κ2) is 10.2. The van der Waals surface area contributed by atoms with Gasteiger partial charge in [0.25, 0.3) is 0 Å². The molecule has 0 saturated carbocycles. The number of benzene rings is 6. The Morgan fingerprint density at radius 1 is 0.408 bits per heavy atom. The molecule has 0 unspecified atom stereocenters. The zero-order valence-corrected chi connectivity index (χ0v) is 26.0. The smallest absolute Gasteiger partial charge is 0.140 e. The van der Waals surface area contributed by atoms with Crippen molar-refractivity contribution in [2.24, 2.45) is 0 Å². The number of rotatable bonds is 3. The number of aromatic nitrogens is 4. The van der Waals surface area contributed by atoms with E-state index in [0.29, 0.717) is 11.1 Å². The van der Waals surface area contributed by atoms with Crippen LogP contribution in [-0.4, -0.2) is 18.7 Å². The van der Waals surface area contributed by atoms with Gasteiger partial charge in [-0.05, 0) is 78.9 Å². The lowest BCUT2D eigenvalue weighted by molar-refractivity contribution is 1.01. The molecule has 6 heteroatoms. The molecule has 6 nitrogen and oxygen atoms in total. The van der Waals surface area contributed by atoms with Gasteiger partial charge in [0.1, 0.15) is 11.6 Å². The van der Waals surface area contributed by atoms with E-state index >= 15 is 0 Å². The largest absolute Gasteiger partial charge is 0.309 e. The molecule has 0 amide bonds. The molecular formula is C43H24N6. The van der Waals surface area contributed by atoms with Gasteiger partial charge < -0.3 is 4.57 Å². The Bertz CT molecular complexity index is 3000. The topological polar surface area (TPSA) is 75.3 Å². The highest BCUT2D eigenvalue weighted by molar-refractivity contribution is 6.26. The highest BCUT2D eigenvalue weighted by Gasteiger charge is 2.22. The van der Waals surface area contributed by atoms with E-state index in [0.717, 1.165) is 72.0 Å². The van der Waals surface area contributed by atoms with Crippen LogP contribution in [0.4, 0.5) is 0 Å². The van der Waals surface area contributed by atoms with E-state index in [-0.39, 0.29) is 0 Å². The van der Waals surface area contributed by atoms with Gasteiger partial charge in [0.05, 0.1) is 56.4 Å². The summed E-state index contributed by atoms with van der Waals surface area (Å²) < 4.78 is 6.77. The van der Waals surface area contributed by atoms with Gasteiger partial charge in [-0.15, -0.1) is 0 Å². The molecule has 0 aliphatic rings. The molecule has 6 aromatic carbocycles. The number of para-hydroxylation sites is 3. The van der Waals surface area contributed by atoms with Crippen LogP contribution in [-0.2, 0) is 0 Å². The van der Waals surface area contributed by atoms with E-state index in [1.54, 1.807) is 0 Å². The summed E-state index contributed by atoms with van der Waals surface area (Å²) in [5.41, 5.74) is 8.55. The van der Waals surface area contributed by atoms with Crippen molar-refractivity contribution in [3.8, 4) is 29.5 Å². The first-order valence-corrected chi connectivity index (χ1v) is 16.1. The second-order valence-corrected chi connectivity index (χ2v) is 12.3. The van der Waals surface area contributed by atoms with Gasteiger partial charge in [0.2, 0.25) is 0 Å². The molecule has 0 radical (unpaired) electrons. The molecule has 0 N–H and O–H groups in total. The third-order valence-corrected chi connectivity index (χ3v) is 9.69. The van der Waals surface area contributed by atoms with Gasteiger partial charge in [-0.2, -0.15) is 10.5 Å². The molecule has 0 fully saturated rings. The van der Waals surface area contributed by atoms with Gasteiger partial charge in [-0.25, -0.2) is 4.98 Å². The van der Waals surface area contributed by atoms with E-state index < -0.39 is 0 Å². The summed E-state index contributed by atoms with van der Waals surface area (Å²) in [7, 11) is 0. The fourth-order valence-corrected chi connectivity index (χ4v) is 7.67. The SMILES string of the molecule is N#Cc1ccc2c(c1)c1cc(C#N)ccc1n2-c1cccc(-n2c3ccccc3c3ccc4c(c5ccccc5n4-c4ccccc4)c32)n1. The number of pyridine rings is 1. The lowest BCUT2D eigenvalue weighted by Crippen LogP contribution is -2.03. The maximum Gasteiger partial charge on any atom is 0.140 e. The van der Waals surface area contributed by atoms with Crippen LogP contribution in [0.1, 0.15) is 11.1 Å². The minimum atomic E-state index is 0.569. The maximum absolute atomic E-state index is 9.69. The van der Waals surface area contributed by atoms with Crippen LogP contribution >= 0.6 is 0 Å². The molecule has 49 heavy (non-hydrogen) atoms. The Hall–Kier alpha value is -7.15. The molecule has 0 aliphatic heterocycles. The molecule has 4 heterocycles. The van der Waals surface area contributed by atoms with E-state index in [1.807, 2.05) is 48.5 Å². The summed E-state index contributed by atoms with van der Waals surface area (Å²) in [6, 6.07) is 54.2. The molecular weight excluding hydrogens is 601 g/mol. The second-order valence-electron chi connectivity index (χ2n) is 12.3. The molecule has 10 aromatic rings. The van der Waals surface area contributed by atoms with Gasteiger partial charge in [-0.1, -0.05) is 66.7 Å². The summed E-state index contributed by atoms with van der Waals surface area (Å²) in [5.74, 6) is 1.54. The summed E-state index contributed by atoms with van der Waals surface area (Å²) in [4.78, 5) is 5.38. The normalized spacial score (nSPS) is 11.6. The molecule has 0 bridgehead atoms. The third-order valence-electron chi connectivity index (χ3n) is 9.69. The molecule has 0 aliphatic carbocycles. The van der Waals surface area contributed by atoms with Crippen molar-refractivity contribution >= 4 is 65.4 Å². The highest BCUT2D eigenvalue weighted by Crippen LogP contribution is 2.42. The quantitative estimate of drug-likeness (QED) is 0.196. The summed E-state index contributed by atoms with van der Waals surface area (Å²) >= 11 is 0. The molecule has 4 aromatic heterocycles. The number of nitrogens with zero attached hydrogens (tertiary/aromatic N) is 6. The summed E-state index contributed by atoms with van der Waals surface area (Å²) in [5, 5.41) is 25.9. The Kier molecular flexibility index (Phi) is 5.61. The zero-order valence-electron chi connectivity index (χ0n) is 26.0. The van der Waals surface area contributed by atoms with Gasteiger partial charge >= 0.3 is 0 Å². The van der Waals surface area contributed by atoms with Crippen molar-refractivity contribution in [3.63, 3.8) is 0 Å². The number of hydrogen-bond donors (Lipinski definition) is 0. The predicted molar refractivity (Wildman–Crippen MR) is 197 cm³/mol. The first-order chi connectivity index (χ1) is 24.2. The lowest BCUT2D eigenvalue weighted by atomic mass is 10.1. The van der Waals surface area contributed by atoms with Crippen molar-refractivity contribution in [2.45, 2.75) is 0 Å². The number of fused-ring (bicyclic) bond motifs is 10. The van der Waals surface area contributed by atoms with Crippen molar-refractivity contribution < 1.29 is 0 Å². The van der Waals surface area contributed by atoms with Gasteiger partial charge in [-0.3, -0.25) is 9.13 Å². The molecule has 0 spiro atoms. The minimum Gasteiger partial charge on any atom is -0.309 e. The van der Waals surface area contributed by atoms with Crippen LogP contribution in [0.3, 0.4) is 0 Å². The van der Waals surface area contributed by atoms with E-state index in [2.05, 4.69) is 123 Å². The lowest BCUT2D eigenvalue weighted by Gasteiger charge is -2.12. The summed E-state index contributed by atoms with van der Waals surface area (Å²) in [6.45, 7) is 0. The first-order valence-electron chi connectivity index (χ1n) is 16.1. The van der Waals surface area contributed by atoms with Gasteiger partial charge in [0.15, 0.2) is 0 Å². The fraction of sp³-hybridized carbons (Fsp3) is 0. The maximum atomic E-state index is 9.69. The average molecular weight is 625 g/mol. The van der Waals surface area contributed by atoms with Crippen LogP contribution in [0, 0.1) is 22.7 Å². The average Bonchev–Trinajstić information content (AvgIpc) is 3.80. The Morgan fingerprint density at radius 2 is 0.959 bits per heavy atom. The van der Waals surface area contributed by atoms with Crippen LogP contribution in [0.2, 0.25) is 0 Å². The van der Waals surface area contributed by atoms with Crippen molar-refractivity contribution in [1.82, 2.24) is 18.7 Å². The predicted octanol–water partition coefficient (Wildman–Crippen LogP) is 10.1. The number of nitriles is 2. The van der Waals surface area contributed by atoms with Crippen LogP contribution in [0.5, 0.6) is 0 Å². The monoisotopic (exact) mass is 624 g/mol. The van der Waals surface area contributed by atoms with Crippen LogP contribution in [0.15, 0.2) is 146 Å². The summed E-state index contributed by atoms with van der Waals surface area (Å²) in [6.07, 6.45) is 0. The first kappa shape index (κ1) is 27.0. The van der Waals surface area contributed by atoms with E-state index in [9.17, 15) is 10.5 Å². The molecule has 10 rings (SSSR count). The van der Waals surface area contributed by atoms with E-state index in [4.69, 9.17) is 4.98 Å². The fourth-order valence-electron chi connectivity index (χ4n) is 7.67. The minimum absolute atomic E-state index is 0.569. The Balaban J connectivity index is 1.31. The Labute approximate surface area is 280 Å².